The molecule has 3 rings (SSSR count). The first-order valence-electron chi connectivity index (χ1n) is 7.65. The molecule has 1 N–H and O–H groups in total. The Hall–Kier alpha value is -0.590. The Labute approximate surface area is 137 Å². The molecule has 2 heterocycles. The van der Waals surface area contributed by atoms with E-state index in [0.29, 0.717) is 34.7 Å². The molecule has 0 aliphatic carbocycles. The van der Waals surface area contributed by atoms with E-state index in [0.717, 1.165) is 12.8 Å². The van der Waals surface area contributed by atoms with E-state index in [4.69, 9.17) is 0 Å². The first kappa shape index (κ1) is 16.3. The van der Waals surface area contributed by atoms with Crippen LogP contribution in [0.15, 0.2) is 22.7 Å². The van der Waals surface area contributed by atoms with Gasteiger partial charge in [0.15, 0.2) is 0 Å². The number of nitrogens with one attached hydrogen (secondary N) is 1. The highest BCUT2D eigenvalue weighted by atomic mass is 79.9. The summed E-state index contributed by atoms with van der Waals surface area (Å²) in [6.45, 7) is 0.340. The fraction of sp³-hybridized carbons (Fsp3) is 0.625. The van der Waals surface area contributed by atoms with Crippen molar-refractivity contribution in [2.45, 2.75) is 56.5 Å². The third-order valence-electron chi connectivity index (χ3n) is 4.87. The fourth-order valence-corrected chi connectivity index (χ4v) is 4.10. The van der Waals surface area contributed by atoms with Crippen LogP contribution in [0, 0.1) is 0 Å². The maximum absolute atomic E-state index is 13.2. The van der Waals surface area contributed by atoms with Crippen LogP contribution < -0.4 is 5.32 Å². The van der Waals surface area contributed by atoms with Crippen molar-refractivity contribution in [1.82, 2.24) is 10.2 Å². The number of alkyl halides is 3. The van der Waals surface area contributed by atoms with Crippen molar-refractivity contribution < 1.29 is 13.2 Å². The second-order valence-electron chi connectivity index (χ2n) is 6.48. The summed E-state index contributed by atoms with van der Waals surface area (Å²) in [5.41, 5.74) is -0.185. The lowest BCUT2D eigenvalue weighted by Gasteiger charge is -2.36. The number of hydrogen-bond acceptors (Lipinski definition) is 2. The number of halogens is 4. The predicted molar refractivity (Wildman–Crippen MR) is 83.6 cm³/mol. The molecule has 1 aromatic carbocycles. The molecule has 2 saturated heterocycles. The molecule has 22 heavy (non-hydrogen) atoms. The molecule has 6 heteroatoms. The minimum Gasteiger partial charge on any atom is -0.311 e. The van der Waals surface area contributed by atoms with Gasteiger partial charge in [0.25, 0.3) is 0 Å². The zero-order valence-corrected chi connectivity index (χ0v) is 14.0. The molecule has 0 aromatic heterocycles. The van der Waals surface area contributed by atoms with E-state index >= 15 is 0 Å². The Bertz CT molecular complexity index is 535. The number of piperidine rings is 1. The van der Waals surface area contributed by atoms with Gasteiger partial charge < -0.3 is 5.32 Å². The van der Waals surface area contributed by atoms with E-state index < -0.39 is 11.7 Å². The monoisotopic (exact) mass is 376 g/mol. The van der Waals surface area contributed by atoms with Gasteiger partial charge in [0, 0.05) is 29.1 Å². The van der Waals surface area contributed by atoms with E-state index in [1.54, 1.807) is 12.1 Å². The van der Waals surface area contributed by atoms with Crippen LogP contribution in [-0.2, 0) is 12.7 Å². The average Bonchev–Trinajstić information content (AvgIpc) is 2.78. The first-order valence-corrected chi connectivity index (χ1v) is 8.44. The molecule has 2 bridgehead atoms. The summed E-state index contributed by atoms with van der Waals surface area (Å²) in [5.74, 6) is 0. The van der Waals surface area contributed by atoms with E-state index in [9.17, 15) is 13.2 Å². The molecule has 0 amide bonds. The van der Waals surface area contributed by atoms with Gasteiger partial charge in [-0.3, -0.25) is 4.90 Å². The maximum atomic E-state index is 13.2. The molecular weight excluding hydrogens is 357 g/mol. The molecule has 2 aliphatic rings. The molecule has 0 saturated carbocycles. The first-order chi connectivity index (χ1) is 10.3. The molecular formula is C16H20BrF3N2. The van der Waals surface area contributed by atoms with Crippen LogP contribution in [-0.4, -0.2) is 30.1 Å². The molecule has 2 nitrogen and oxygen atoms in total. The van der Waals surface area contributed by atoms with Gasteiger partial charge in [-0.05, 0) is 50.4 Å². The summed E-state index contributed by atoms with van der Waals surface area (Å²) < 4.78 is 40.1. The van der Waals surface area contributed by atoms with Gasteiger partial charge in [-0.25, -0.2) is 0 Å². The van der Waals surface area contributed by atoms with Gasteiger partial charge in [0.2, 0.25) is 0 Å². The zero-order valence-electron chi connectivity index (χ0n) is 12.5. The predicted octanol–water partition coefficient (Wildman–Crippen LogP) is 4.18. The third kappa shape index (κ3) is 3.49. The largest absolute Gasteiger partial charge is 0.416 e. The van der Waals surface area contributed by atoms with Crippen molar-refractivity contribution in [3.05, 3.63) is 33.8 Å². The van der Waals surface area contributed by atoms with E-state index in [-0.39, 0.29) is 0 Å². The Morgan fingerprint density at radius 2 is 1.86 bits per heavy atom. The molecule has 122 valence electrons. The molecule has 1 aromatic rings. The normalized spacial score (nSPS) is 28.4. The van der Waals surface area contributed by atoms with Crippen LogP contribution in [0.5, 0.6) is 0 Å². The van der Waals surface area contributed by atoms with Gasteiger partial charge in [-0.2, -0.15) is 13.2 Å². The topological polar surface area (TPSA) is 15.3 Å². The maximum Gasteiger partial charge on any atom is 0.416 e. The van der Waals surface area contributed by atoms with Crippen LogP contribution in [0.3, 0.4) is 0 Å². The Morgan fingerprint density at radius 3 is 2.45 bits per heavy atom. The quantitative estimate of drug-likeness (QED) is 0.850. The molecule has 2 fully saturated rings. The third-order valence-corrected chi connectivity index (χ3v) is 5.36. The standard InChI is InChI=1S/C16H20BrF3N2/c1-22(14-7-12-4-5-13(8-14)21-12)9-10-2-3-11(17)6-15(10)16(18,19)20/h2-3,6,12-14,21H,4-5,7-9H2,1H3. The molecule has 2 unspecified atom stereocenters. The molecule has 0 radical (unpaired) electrons. The van der Waals surface area contributed by atoms with Gasteiger partial charge in [-0.1, -0.05) is 22.0 Å². The van der Waals surface area contributed by atoms with Crippen LogP contribution in [0.1, 0.15) is 36.8 Å². The van der Waals surface area contributed by atoms with Crippen LogP contribution in [0.25, 0.3) is 0 Å². The number of fused-ring (bicyclic) bond motifs is 2. The van der Waals surface area contributed by atoms with Crippen molar-refractivity contribution in [3.63, 3.8) is 0 Å². The summed E-state index contributed by atoms with van der Waals surface area (Å²) in [7, 11) is 1.94. The van der Waals surface area contributed by atoms with Crippen molar-refractivity contribution in [2.24, 2.45) is 0 Å². The zero-order chi connectivity index (χ0) is 15.9. The smallest absolute Gasteiger partial charge is 0.311 e. The highest BCUT2D eigenvalue weighted by Gasteiger charge is 2.37. The second-order valence-corrected chi connectivity index (χ2v) is 7.39. The van der Waals surface area contributed by atoms with Gasteiger partial charge >= 0.3 is 6.18 Å². The van der Waals surface area contributed by atoms with Crippen molar-refractivity contribution in [2.75, 3.05) is 7.05 Å². The highest BCUT2D eigenvalue weighted by molar-refractivity contribution is 9.10. The Balaban J connectivity index is 1.75. The van der Waals surface area contributed by atoms with Gasteiger partial charge in [-0.15, -0.1) is 0 Å². The van der Waals surface area contributed by atoms with E-state index in [1.165, 1.54) is 18.9 Å². The highest BCUT2D eigenvalue weighted by Crippen LogP contribution is 2.35. The average molecular weight is 377 g/mol. The summed E-state index contributed by atoms with van der Waals surface area (Å²) in [6.07, 6.45) is 0.144. The number of benzene rings is 1. The summed E-state index contributed by atoms with van der Waals surface area (Å²) in [5, 5.41) is 3.57. The van der Waals surface area contributed by atoms with Crippen LogP contribution in [0.2, 0.25) is 0 Å². The molecule has 2 aliphatic heterocycles. The number of rotatable bonds is 3. The minimum absolute atomic E-state index is 0.340. The second kappa shape index (κ2) is 6.13. The molecule has 2 atom stereocenters. The van der Waals surface area contributed by atoms with E-state index in [1.807, 2.05) is 7.05 Å². The minimum atomic E-state index is -4.31. The summed E-state index contributed by atoms with van der Waals surface area (Å²) in [6, 6.07) is 5.89. The lowest BCUT2D eigenvalue weighted by atomic mass is 9.97. The summed E-state index contributed by atoms with van der Waals surface area (Å²) in [4.78, 5) is 2.09. The van der Waals surface area contributed by atoms with Crippen molar-refractivity contribution in [1.29, 1.82) is 0 Å². The van der Waals surface area contributed by atoms with E-state index in [2.05, 4.69) is 26.1 Å². The Morgan fingerprint density at radius 1 is 1.23 bits per heavy atom. The van der Waals surface area contributed by atoms with Crippen LogP contribution >= 0.6 is 15.9 Å². The van der Waals surface area contributed by atoms with Crippen molar-refractivity contribution in [3.8, 4) is 0 Å². The summed E-state index contributed by atoms with van der Waals surface area (Å²) >= 11 is 3.13. The lowest BCUT2D eigenvalue weighted by molar-refractivity contribution is -0.138. The van der Waals surface area contributed by atoms with Crippen LogP contribution in [0.4, 0.5) is 13.2 Å². The SMILES string of the molecule is CN(Cc1ccc(Br)cc1C(F)(F)F)C1CC2CCC(C1)N2. The van der Waals surface area contributed by atoms with Crippen molar-refractivity contribution >= 4 is 15.9 Å². The van der Waals surface area contributed by atoms with Gasteiger partial charge in [0.05, 0.1) is 5.56 Å². The fourth-order valence-electron chi connectivity index (χ4n) is 3.74. The van der Waals surface area contributed by atoms with Gasteiger partial charge in [0.1, 0.15) is 0 Å². The lowest BCUT2D eigenvalue weighted by Crippen LogP contribution is -2.46. The number of nitrogens with zero attached hydrogens (tertiary/aromatic N) is 1. The Kier molecular flexibility index (Phi) is 4.54. The number of hydrogen-bond donors (Lipinski definition) is 1. The molecule has 0 spiro atoms.